The number of allylic oxidation sites excluding steroid dienone is 1. The number of nitrogens with one attached hydrogen (secondary N) is 2. The summed E-state index contributed by atoms with van der Waals surface area (Å²) in [5.74, 6) is 0.267. The fourth-order valence-electron chi connectivity index (χ4n) is 1.48. The Kier molecular flexibility index (Phi) is 5.11. The molecule has 0 spiro atoms. The average molecular weight is 244 g/mol. The van der Waals surface area contributed by atoms with Crippen LogP contribution in [0.4, 0.5) is 5.69 Å². The lowest BCUT2D eigenvalue weighted by molar-refractivity contribution is 1.06. The van der Waals surface area contributed by atoms with Crippen LogP contribution in [-0.4, -0.2) is 19.1 Å². The van der Waals surface area contributed by atoms with Crippen LogP contribution < -0.4 is 11.1 Å². The first-order valence-corrected chi connectivity index (χ1v) is 5.91. The molecule has 0 bridgehead atoms. The Bertz CT molecular complexity index is 469. The van der Waals surface area contributed by atoms with Gasteiger partial charge in [0.2, 0.25) is 0 Å². The number of hydrogen-bond donors (Lipinski definition) is 3. The molecule has 96 valence electrons. The quantitative estimate of drug-likeness (QED) is 0.562. The molecular formula is C14H20N4. The molecule has 0 atom stereocenters. The highest BCUT2D eigenvalue weighted by atomic mass is 14.9. The summed E-state index contributed by atoms with van der Waals surface area (Å²) in [6.45, 7) is 3.98. The maximum absolute atomic E-state index is 8.03. The smallest absolute Gasteiger partial charge is 0.133 e. The van der Waals surface area contributed by atoms with E-state index in [9.17, 15) is 0 Å². The van der Waals surface area contributed by atoms with E-state index in [1.807, 2.05) is 38.1 Å². The zero-order chi connectivity index (χ0) is 13.5. The fraction of sp³-hybridized carbons (Fsp3) is 0.286. The zero-order valence-electron chi connectivity index (χ0n) is 11.1. The molecule has 18 heavy (non-hydrogen) atoms. The van der Waals surface area contributed by atoms with Gasteiger partial charge in [0.1, 0.15) is 5.84 Å². The molecule has 1 rings (SSSR count). The second-order valence-corrected chi connectivity index (χ2v) is 4.05. The van der Waals surface area contributed by atoms with E-state index in [0.717, 1.165) is 5.69 Å². The minimum Gasteiger partial charge on any atom is -0.401 e. The van der Waals surface area contributed by atoms with Crippen LogP contribution >= 0.6 is 0 Å². The van der Waals surface area contributed by atoms with E-state index in [0.29, 0.717) is 17.7 Å². The normalized spacial score (nSPS) is 12.4. The van der Waals surface area contributed by atoms with Gasteiger partial charge in [0.05, 0.1) is 5.57 Å². The molecule has 0 heterocycles. The van der Waals surface area contributed by atoms with E-state index >= 15 is 0 Å². The van der Waals surface area contributed by atoms with Crippen molar-refractivity contribution in [3.8, 4) is 0 Å². The second-order valence-electron chi connectivity index (χ2n) is 4.05. The molecule has 1 aromatic rings. The van der Waals surface area contributed by atoms with Gasteiger partial charge in [0.15, 0.2) is 0 Å². The predicted octanol–water partition coefficient (Wildman–Crippen LogP) is 2.71. The summed E-state index contributed by atoms with van der Waals surface area (Å²) in [6.07, 6.45) is 2.31. The first kappa shape index (κ1) is 14.0. The average Bonchev–Trinajstić information content (AvgIpc) is 2.37. The molecule has 0 aliphatic heterocycles. The highest BCUT2D eigenvalue weighted by Crippen LogP contribution is 2.11. The van der Waals surface area contributed by atoms with E-state index in [2.05, 4.69) is 10.3 Å². The molecule has 4 N–H and O–H groups in total. The molecule has 0 fully saturated rings. The van der Waals surface area contributed by atoms with Gasteiger partial charge in [-0.3, -0.25) is 10.4 Å². The maximum atomic E-state index is 8.03. The first-order valence-electron chi connectivity index (χ1n) is 5.91. The molecular weight excluding hydrogens is 224 g/mol. The predicted molar refractivity (Wildman–Crippen MR) is 78.4 cm³/mol. The number of amidine groups is 1. The van der Waals surface area contributed by atoms with Gasteiger partial charge in [-0.2, -0.15) is 0 Å². The van der Waals surface area contributed by atoms with Gasteiger partial charge >= 0.3 is 0 Å². The maximum Gasteiger partial charge on any atom is 0.133 e. The van der Waals surface area contributed by atoms with E-state index in [-0.39, 0.29) is 5.84 Å². The molecule has 0 radical (unpaired) electrons. The highest BCUT2D eigenvalue weighted by molar-refractivity contribution is 6.19. The number of nitrogens with zero attached hydrogens (tertiary/aromatic N) is 1. The van der Waals surface area contributed by atoms with Crippen molar-refractivity contribution in [3.05, 3.63) is 41.1 Å². The van der Waals surface area contributed by atoms with Crippen molar-refractivity contribution in [1.29, 1.82) is 5.41 Å². The second kappa shape index (κ2) is 6.59. The van der Waals surface area contributed by atoms with Gasteiger partial charge in [-0.15, -0.1) is 0 Å². The van der Waals surface area contributed by atoms with Crippen molar-refractivity contribution in [2.75, 3.05) is 12.4 Å². The fourth-order valence-corrected chi connectivity index (χ4v) is 1.48. The van der Waals surface area contributed by atoms with Gasteiger partial charge < -0.3 is 11.1 Å². The third kappa shape index (κ3) is 3.73. The van der Waals surface area contributed by atoms with Crippen LogP contribution in [0.25, 0.3) is 0 Å². The largest absolute Gasteiger partial charge is 0.401 e. The van der Waals surface area contributed by atoms with Crippen molar-refractivity contribution >= 4 is 17.7 Å². The van der Waals surface area contributed by atoms with Gasteiger partial charge in [-0.25, -0.2) is 0 Å². The minimum absolute atomic E-state index is 0.267. The van der Waals surface area contributed by atoms with Crippen LogP contribution in [-0.2, 0) is 0 Å². The third-order valence-corrected chi connectivity index (χ3v) is 2.58. The Balaban J connectivity index is 2.89. The van der Waals surface area contributed by atoms with Crippen LogP contribution in [0, 0.1) is 12.3 Å². The molecule has 0 amide bonds. The number of benzene rings is 1. The Labute approximate surface area is 108 Å². The SMILES string of the molecule is CC/C(N)=C(/C=N\C)C(=N)Nc1ccc(C)cc1. The van der Waals surface area contributed by atoms with Crippen molar-refractivity contribution in [2.45, 2.75) is 20.3 Å². The third-order valence-electron chi connectivity index (χ3n) is 2.58. The molecule has 4 nitrogen and oxygen atoms in total. The zero-order valence-corrected chi connectivity index (χ0v) is 11.1. The standard InChI is InChI=1S/C14H20N4/c1-4-13(15)12(9-17-3)14(16)18-11-7-5-10(2)6-8-11/h5-9H,4,15H2,1-3H3,(H2,16,18)/b13-12+,17-9-. The highest BCUT2D eigenvalue weighted by Gasteiger charge is 2.07. The number of anilines is 1. The Morgan fingerprint density at radius 2 is 2.00 bits per heavy atom. The summed E-state index contributed by atoms with van der Waals surface area (Å²) in [5.41, 5.74) is 9.24. The van der Waals surface area contributed by atoms with Gasteiger partial charge in [0, 0.05) is 24.6 Å². The molecule has 1 aromatic carbocycles. The molecule has 0 saturated carbocycles. The van der Waals surface area contributed by atoms with Crippen LogP contribution in [0.1, 0.15) is 18.9 Å². The Morgan fingerprint density at radius 1 is 1.39 bits per heavy atom. The molecule has 0 aromatic heterocycles. The number of rotatable bonds is 4. The number of hydrogen-bond acceptors (Lipinski definition) is 3. The molecule has 0 unspecified atom stereocenters. The van der Waals surface area contributed by atoms with Gasteiger partial charge in [-0.1, -0.05) is 24.6 Å². The van der Waals surface area contributed by atoms with E-state index < -0.39 is 0 Å². The van der Waals surface area contributed by atoms with Crippen LogP contribution in [0.2, 0.25) is 0 Å². The van der Waals surface area contributed by atoms with Gasteiger partial charge in [-0.05, 0) is 25.5 Å². The van der Waals surface area contributed by atoms with Crippen molar-refractivity contribution in [3.63, 3.8) is 0 Å². The summed E-state index contributed by atoms with van der Waals surface area (Å²) in [4.78, 5) is 3.94. The van der Waals surface area contributed by atoms with Crippen LogP contribution in [0.3, 0.4) is 0 Å². The van der Waals surface area contributed by atoms with E-state index in [4.69, 9.17) is 11.1 Å². The van der Waals surface area contributed by atoms with Crippen molar-refractivity contribution in [2.24, 2.45) is 10.7 Å². The van der Waals surface area contributed by atoms with Crippen LogP contribution in [0.5, 0.6) is 0 Å². The summed E-state index contributed by atoms with van der Waals surface area (Å²) >= 11 is 0. The molecule has 0 aliphatic rings. The topological polar surface area (TPSA) is 74.3 Å². The molecule has 0 aliphatic carbocycles. The van der Waals surface area contributed by atoms with Crippen molar-refractivity contribution < 1.29 is 0 Å². The van der Waals surface area contributed by atoms with Gasteiger partial charge in [0.25, 0.3) is 0 Å². The summed E-state index contributed by atoms with van der Waals surface area (Å²) in [6, 6.07) is 7.87. The Morgan fingerprint density at radius 3 is 2.50 bits per heavy atom. The number of nitrogens with two attached hydrogens (primary N) is 1. The van der Waals surface area contributed by atoms with E-state index in [1.54, 1.807) is 13.3 Å². The van der Waals surface area contributed by atoms with Crippen LogP contribution in [0.15, 0.2) is 40.5 Å². The van der Waals surface area contributed by atoms with Crippen molar-refractivity contribution in [1.82, 2.24) is 0 Å². The minimum atomic E-state index is 0.267. The lowest BCUT2D eigenvalue weighted by Gasteiger charge is -2.11. The number of aryl methyl sites for hydroxylation is 1. The van der Waals surface area contributed by atoms with E-state index in [1.165, 1.54) is 5.56 Å². The summed E-state index contributed by atoms with van der Waals surface area (Å²) < 4.78 is 0. The number of aliphatic imine (C=N–C) groups is 1. The lowest BCUT2D eigenvalue weighted by atomic mass is 10.1. The monoisotopic (exact) mass is 244 g/mol. The molecule has 4 heteroatoms. The summed E-state index contributed by atoms with van der Waals surface area (Å²) in [5, 5.41) is 11.1. The lowest BCUT2D eigenvalue weighted by Crippen LogP contribution is -2.19. The summed E-state index contributed by atoms with van der Waals surface area (Å²) in [7, 11) is 1.67. The first-order chi connectivity index (χ1) is 8.58. The molecule has 0 saturated heterocycles. The Hall–Kier alpha value is -2.10.